The first-order chi connectivity index (χ1) is 9.99. The van der Waals surface area contributed by atoms with Crippen LogP contribution < -0.4 is 5.32 Å². The van der Waals surface area contributed by atoms with Crippen molar-refractivity contribution in [3.8, 4) is 0 Å². The third-order valence-electron chi connectivity index (χ3n) is 5.16. The van der Waals surface area contributed by atoms with Gasteiger partial charge in [0.15, 0.2) is 0 Å². The number of hydrogen-bond acceptors (Lipinski definition) is 2. The number of carboxylic acid groups (broad SMARTS) is 1. The van der Waals surface area contributed by atoms with Crippen molar-refractivity contribution in [2.24, 2.45) is 17.8 Å². The molecule has 0 radical (unpaired) electrons. The Labute approximate surface area is 127 Å². The number of carbonyl (C=O) groups is 2. The highest BCUT2D eigenvalue weighted by Crippen LogP contribution is 2.26. The summed E-state index contributed by atoms with van der Waals surface area (Å²) in [5, 5.41) is 12.2. The lowest BCUT2D eigenvalue weighted by Crippen LogP contribution is -2.52. The molecule has 1 saturated heterocycles. The Hall–Kier alpha value is -1.26. The van der Waals surface area contributed by atoms with Gasteiger partial charge in [0, 0.05) is 19.1 Å². The van der Waals surface area contributed by atoms with Gasteiger partial charge in [-0.05, 0) is 37.5 Å². The fourth-order valence-electron chi connectivity index (χ4n) is 3.62. The predicted octanol–water partition coefficient (Wildman–Crippen LogP) is 2.71. The minimum atomic E-state index is -0.779. The molecule has 2 N–H and O–H groups in total. The van der Waals surface area contributed by atoms with Gasteiger partial charge in [-0.1, -0.05) is 26.7 Å². The topological polar surface area (TPSA) is 69.6 Å². The van der Waals surface area contributed by atoms with Crippen LogP contribution in [0.2, 0.25) is 0 Å². The molecule has 2 unspecified atom stereocenters. The molecule has 0 bridgehead atoms. The summed E-state index contributed by atoms with van der Waals surface area (Å²) >= 11 is 0. The van der Waals surface area contributed by atoms with Gasteiger partial charge in [0.2, 0.25) is 0 Å². The van der Waals surface area contributed by atoms with Crippen molar-refractivity contribution >= 4 is 12.0 Å². The first-order valence-corrected chi connectivity index (χ1v) is 8.27. The molecular weight excluding hydrogens is 268 g/mol. The predicted molar refractivity (Wildman–Crippen MR) is 81.0 cm³/mol. The third-order valence-corrected chi connectivity index (χ3v) is 5.16. The van der Waals surface area contributed by atoms with Gasteiger partial charge < -0.3 is 15.3 Å². The molecule has 0 aromatic heterocycles. The lowest BCUT2D eigenvalue weighted by molar-refractivity contribution is -0.143. The standard InChI is InChI=1S/C16H28N2O3/c1-11(2)12-7-9-18(10-8-12)16(21)17-14-6-4-3-5-13(14)15(19)20/h11-14H,3-10H2,1-2H3,(H,17,21)(H,19,20). The molecule has 0 aromatic carbocycles. The monoisotopic (exact) mass is 296 g/mol. The Morgan fingerprint density at radius 1 is 1.10 bits per heavy atom. The van der Waals surface area contributed by atoms with Crippen LogP contribution in [0.1, 0.15) is 52.4 Å². The van der Waals surface area contributed by atoms with Crippen LogP contribution in [-0.2, 0) is 4.79 Å². The molecule has 2 fully saturated rings. The number of rotatable bonds is 3. The van der Waals surface area contributed by atoms with E-state index in [1.807, 2.05) is 4.90 Å². The maximum Gasteiger partial charge on any atom is 0.317 e. The second-order valence-corrected chi connectivity index (χ2v) is 6.85. The smallest absolute Gasteiger partial charge is 0.317 e. The zero-order valence-corrected chi connectivity index (χ0v) is 13.2. The second kappa shape index (κ2) is 7.14. The lowest BCUT2D eigenvalue weighted by Gasteiger charge is -2.36. The van der Waals surface area contributed by atoms with Crippen LogP contribution in [-0.4, -0.2) is 41.1 Å². The number of likely N-dealkylation sites (tertiary alicyclic amines) is 1. The van der Waals surface area contributed by atoms with Crippen molar-refractivity contribution in [2.45, 2.75) is 58.4 Å². The summed E-state index contributed by atoms with van der Waals surface area (Å²) in [6.07, 6.45) is 5.52. The number of urea groups is 1. The van der Waals surface area contributed by atoms with Crippen LogP contribution in [0.3, 0.4) is 0 Å². The molecular formula is C16H28N2O3. The highest BCUT2D eigenvalue weighted by Gasteiger charge is 2.33. The summed E-state index contributed by atoms with van der Waals surface area (Å²) in [6.45, 7) is 6.05. The van der Waals surface area contributed by atoms with Crippen molar-refractivity contribution in [3.05, 3.63) is 0 Å². The lowest BCUT2D eigenvalue weighted by atomic mass is 9.84. The normalized spacial score (nSPS) is 27.7. The molecule has 2 aliphatic rings. The van der Waals surface area contributed by atoms with Crippen LogP contribution in [0, 0.1) is 17.8 Å². The summed E-state index contributed by atoms with van der Waals surface area (Å²) in [7, 11) is 0. The summed E-state index contributed by atoms with van der Waals surface area (Å²) in [5.41, 5.74) is 0. The molecule has 5 heteroatoms. The number of amides is 2. The van der Waals surface area contributed by atoms with E-state index >= 15 is 0 Å². The number of hydrogen-bond donors (Lipinski definition) is 2. The summed E-state index contributed by atoms with van der Waals surface area (Å²) in [6, 6.07) is -0.276. The van der Waals surface area contributed by atoms with E-state index in [1.165, 1.54) is 0 Å². The molecule has 2 amide bonds. The van der Waals surface area contributed by atoms with Gasteiger partial charge in [0.05, 0.1) is 5.92 Å². The quantitative estimate of drug-likeness (QED) is 0.841. The maximum atomic E-state index is 12.3. The Morgan fingerprint density at radius 3 is 2.29 bits per heavy atom. The van der Waals surface area contributed by atoms with Crippen LogP contribution in [0.15, 0.2) is 0 Å². The van der Waals surface area contributed by atoms with E-state index in [-0.39, 0.29) is 12.1 Å². The Kier molecular flexibility index (Phi) is 5.48. The van der Waals surface area contributed by atoms with Gasteiger partial charge in [-0.2, -0.15) is 0 Å². The molecule has 1 heterocycles. The van der Waals surface area contributed by atoms with Gasteiger partial charge in [-0.3, -0.25) is 4.79 Å². The maximum absolute atomic E-state index is 12.3. The first kappa shape index (κ1) is 16.1. The van der Waals surface area contributed by atoms with Crippen molar-refractivity contribution < 1.29 is 14.7 Å². The Bertz CT molecular complexity index is 376. The molecule has 1 saturated carbocycles. The molecule has 2 rings (SSSR count). The van der Waals surface area contributed by atoms with Crippen LogP contribution in [0.25, 0.3) is 0 Å². The summed E-state index contributed by atoms with van der Waals surface area (Å²) in [4.78, 5) is 25.5. The highest BCUT2D eigenvalue weighted by atomic mass is 16.4. The van der Waals surface area contributed by atoms with Crippen LogP contribution >= 0.6 is 0 Å². The summed E-state index contributed by atoms with van der Waals surface area (Å²) < 4.78 is 0. The minimum absolute atomic E-state index is 0.0737. The molecule has 0 spiro atoms. The Balaban J connectivity index is 1.85. The van der Waals surface area contributed by atoms with Crippen LogP contribution in [0.5, 0.6) is 0 Å². The number of piperidine rings is 1. The fourth-order valence-corrected chi connectivity index (χ4v) is 3.62. The van der Waals surface area contributed by atoms with E-state index in [4.69, 9.17) is 0 Å². The van der Waals surface area contributed by atoms with Crippen molar-refractivity contribution in [1.82, 2.24) is 10.2 Å². The van der Waals surface area contributed by atoms with Crippen molar-refractivity contribution in [3.63, 3.8) is 0 Å². The SMILES string of the molecule is CC(C)C1CCN(C(=O)NC2CCCCC2C(=O)O)CC1. The van der Waals surface area contributed by atoms with Gasteiger partial charge in [0.1, 0.15) is 0 Å². The molecule has 120 valence electrons. The third kappa shape index (κ3) is 4.11. The highest BCUT2D eigenvalue weighted by molar-refractivity contribution is 5.77. The average molecular weight is 296 g/mol. The number of carboxylic acids is 1. The van der Waals surface area contributed by atoms with Crippen molar-refractivity contribution in [1.29, 1.82) is 0 Å². The first-order valence-electron chi connectivity index (χ1n) is 8.27. The fraction of sp³-hybridized carbons (Fsp3) is 0.875. The van der Waals surface area contributed by atoms with E-state index in [0.29, 0.717) is 18.3 Å². The van der Waals surface area contributed by atoms with E-state index in [2.05, 4.69) is 19.2 Å². The molecule has 1 aliphatic carbocycles. The van der Waals surface area contributed by atoms with Gasteiger partial charge in [-0.25, -0.2) is 4.79 Å². The zero-order valence-electron chi connectivity index (χ0n) is 13.2. The molecule has 21 heavy (non-hydrogen) atoms. The average Bonchev–Trinajstić information content (AvgIpc) is 2.47. The van der Waals surface area contributed by atoms with Gasteiger partial charge in [0.25, 0.3) is 0 Å². The van der Waals surface area contributed by atoms with E-state index in [9.17, 15) is 14.7 Å². The molecule has 0 aromatic rings. The second-order valence-electron chi connectivity index (χ2n) is 6.85. The number of nitrogens with zero attached hydrogens (tertiary/aromatic N) is 1. The Morgan fingerprint density at radius 2 is 1.71 bits per heavy atom. The van der Waals surface area contributed by atoms with Crippen molar-refractivity contribution in [2.75, 3.05) is 13.1 Å². The summed E-state index contributed by atoms with van der Waals surface area (Å²) in [5.74, 6) is 0.176. The number of carbonyl (C=O) groups excluding carboxylic acids is 1. The van der Waals surface area contributed by atoms with E-state index in [1.54, 1.807) is 0 Å². The number of nitrogens with one attached hydrogen (secondary N) is 1. The number of aliphatic carboxylic acids is 1. The van der Waals surface area contributed by atoms with Gasteiger partial charge >= 0.3 is 12.0 Å². The van der Waals surface area contributed by atoms with E-state index < -0.39 is 11.9 Å². The van der Waals surface area contributed by atoms with Crippen LogP contribution in [0.4, 0.5) is 4.79 Å². The molecule has 2 atom stereocenters. The largest absolute Gasteiger partial charge is 0.481 e. The zero-order chi connectivity index (χ0) is 15.4. The minimum Gasteiger partial charge on any atom is -0.481 e. The molecule has 5 nitrogen and oxygen atoms in total. The molecule has 1 aliphatic heterocycles. The van der Waals surface area contributed by atoms with Gasteiger partial charge in [-0.15, -0.1) is 0 Å². The van der Waals surface area contributed by atoms with E-state index in [0.717, 1.165) is 45.2 Å².